The van der Waals surface area contributed by atoms with Gasteiger partial charge in [-0.1, -0.05) is 12.1 Å². The molecule has 7 nitrogen and oxygen atoms in total. The molecule has 1 aliphatic heterocycles. The Morgan fingerprint density at radius 3 is 2.70 bits per heavy atom. The number of fused-ring (bicyclic) bond motifs is 1. The first-order valence-electron chi connectivity index (χ1n) is 9.94. The molecule has 1 amide bonds. The first kappa shape index (κ1) is 21.5. The van der Waals surface area contributed by atoms with Gasteiger partial charge in [0.15, 0.2) is 11.5 Å². The van der Waals surface area contributed by atoms with E-state index in [0.717, 1.165) is 22.4 Å². The molecular weight excluding hydrogens is 386 g/mol. The second-order valence-corrected chi connectivity index (χ2v) is 6.86. The molecule has 2 aromatic rings. The lowest BCUT2D eigenvalue weighted by molar-refractivity contribution is 0.147. The first-order valence-corrected chi connectivity index (χ1v) is 9.94. The molecule has 1 unspecified atom stereocenters. The number of benzene rings is 2. The minimum atomic E-state index is -1.02. The maximum absolute atomic E-state index is 11.9. The minimum Gasteiger partial charge on any atom is -0.494 e. The molecule has 1 heterocycles. The van der Waals surface area contributed by atoms with Crippen molar-refractivity contribution in [1.82, 2.24) is 4.90 Å². The van der Waals surface area contributed by atoms with E-state index in [9.17, 15) is 9.90 Å². The van der Waals surface area contributed by atoms with Gasteiger partial charge < -0.3 is 24.4 Å². The molecule has 7 heteroatoms. The fraction of sp³-hybridized carbons (Fsp3) is 0.348. The number of ether oxygens (including phenoxy) is 3. The van der Waals surface area contributed by atoms with Crippen LogP contribution >= 0.6 is 0 Å². The van der Waals surface area contributed by atoms with Crippen LogP contribution in [-0.2, 0) is 6.42 Å². The molecule has 0 saturated heterocycles. The quantitative estimate of drug-likeness (QED) is 0.602. The highest BCUT2D eigenvalue weighted by molar-refractivity contribution is 5.73. The summed E-state index contributed by atoms with van der Waals surface area (Å²) in [4.78, 5) is 13.2. The Kier molecular flexibility index (Phi) is 7.19. The highest BCUT2D eigenvalue weighted by atomic mass is 16.5. The standard InChI is InChI=1S/C23H27NO6/c1-3-29-18-7-4-6-16(12-18)13-20-19-15-21(28-2)22(30-11-5-10-25)14-17(19)8-9-24(20)23(26)27/h4,6-9,12,14-15,20,25H,3,5,10-11,13H2,1-2H3,(H,26,27). The first-order chi connectivity index (χ1) is 14.6. The summed E-state index contributed by atoms with van der Waals surface area (Å²) in [6.45, 7) is 2.90. The third-order valence-corrected chi connectivity index (χ3v) is 4.90. The van der Waals surface area contributed by atoms with Crippen molar-refractivity contribution in [2.75, 3.05) is 26.9 Å². The Bertz CT molecular complexity index is 911. The number of carboxylic acid groups (broad SMARTS) is 1. The molecule has 1 aliphatic rings. The van der Waals surface area contributed by atoms with Crippen LogP contribution in [0.25, 0.3) is 6.08 Å². The number of hydrogen-bond acceptors (Lipinski definition) is 5. The summed E-state index contributed by atoms with van der Waals surface area (Å²) in [6.07, 6.45) is 3.31. The van der Waals surface area contributed by atoms with E-state index >= 15 is 0 Å². The zero-order valence-corrected chi connectivity index (χ0v) is 17.2. The largest absolute Gasteiger partial charge is 0.494 e. The number of aliphatic hydroxyl groups is 1. The molecule has 2 aromatic carbocycles. The SMILES string of the molecule is CCOc1cccc(CC2c3cc(OC)c(OCCCO)cc3C=CN2C(=O)O)c1. The Morgan fingerprint density at radius 1 is 1.17 bits per heavy atom. The van der Waals surface area contributed by atoms with E-state index in [1.54, 1.807) is 19.4 Å². The number of rotatable bonds is 9. The topological polar surface area (TPSA) is 88.5 Å². The molecule has 30 heavy (non-hydrogen) atoms. The van der Waals surface area contributed by atoms with Crippen LogP contribution in [0.5, 0.6) is 17.2 Å². The molecule has 0 saturated carbocycles. The van der Waals surface area contributed by atoms with Gasteiger partial charge in [0.05, 0.1) is 26.4 Å². The molecule has 0 aromatic heterocycles. The van der Waals surface area contributed by atoms with E-state index in [-0.39, 0.29) is 6.61 Å². The van der Waals surface area contributed by atoms with Gasteiger partial charge in [-0.15, -0.1) is 0 Å². The molecule has 3 rings (SSSR count). The molecule has 0 fully saturated rings. The van der Waals surface area contributed by atoms with Gasteiger partial charge in [-0.2, -0.15) is 0 Å². The zero-order chi connectivity index (χ0) is 21.5. The third-order valence-electron chi connectivity index (χ3n) is 4.90. The van der Waals surface area contributed by atoms with Gasteiger partial charge in [0, 0.05) is 19.2 Å². The molecule has 0 spiro atoms. The molecule has 1 atom stereocenters. The van der Waals surface area contributed by atoms with Gasteiger partial charge in [-0.25, -0.2) is 4.79 Å². The van der Waals surface area contributed by atoms with Crippen LogP contribution in [0.3, 0.4) is 0 Å². The number of amides is 1. The second-order valence-electron chi connectivity index (χ2n) is 6.86. The Labute approximate surface area is 176 Å². The maximum Gasteiger partial charge on any atom is 0.411 e. The van der Waals surface area contributed by atoms with Crippen molar-refractivity contribution >= 4 is 12.2 Å². The third kappa shape index (κ3) is 4.86. The van der Waals surface area contributed by atoms with E-state index < -0.39 is 12.1 Å². The number of hydrogen-bond donors (Lipinski definition) is 2. The van der Waals surface area contributed by atoms with Gasteiger partial charge in [0.1, 0.15) is 5.75 Å². The van der Waals surface area contributed by atoms with Crippen molar-refractivity contribution in [2.45, 2.75) is 25.8 Å². The lowest BCUT2D eigenvalue weighted by atomic mass is 9.91. The van der Waals surface area contributed by atoms with E-state index in [1.807, 2.05) is 43.3 Å². The molecule has 0 radical (unpaired) electrons. The number of carbonyl (C=O) groups is 1. The van der Waals surface area contributed by atoms with E-state index in [1.165, 1.54) is 4.90 Å². The van der Waals surface area contributed by atoms with Gasteiger partial charge in [0.25, 0.3) is 0 Å². The maximum atomic E-state index is 11.9. The predicted octanol–water partition coefficient (Wildman–Crippen LogP) is 4.10. The summed E-state index contributed by atoms with van der Waals surface area (Å²) >= 11 is 0. The van der Waals surface area contributed by atoms with Crippen molar-refractivity contribution in [2.24, 2.45) is 0 Å². The second kappa shape index (κ2) is 10.0. The molecular formula is C23H27NO6. The lowest BCUT2D eigenvalue weighted by Crippen LogP contribution is -2.32. The van der Waals surface area contributed by atoms with Gasteiger partial charge in [-0.05, 0) is 60.4 Å². The number of methoxy groups -OCH3 is 1. The van der Waals surface area contributed by atoms with Crippen LogP contribution < -0.4 is 14.2 Å². The molecule has 0 aliphatic carbocycles. The van der Waals surface area contributed by atoms with Crippen molar-refractivity contribution in [3.8, 4) is 17.2 Å². The number of aliphatic hydroxyl groups excluding tert-OH is 1. The van der Waals surface area contributed by atoms with Gasteiger partial charge >= 0.3 is 6.09 Å². The summed E-state index contributed by atoms with van der Waals surface area (Å²) in [5, 5.41) is 18.7. The summed E-state index contributed by atoms with van der Waals surface area (Å²) < 4.78 is 16.8. The molecule has 0 bridgehead atoms. The smallest absolute Gasteiger partial charge is 0.411 e. The van der Waals surface area contributed by atoms with Crippen LogP contribution in [0.1, 0.15) is 36.1 Å². The minimum absolute atomic E-state index is 0.0453. The van der Waals surface area contributed by atoms with Crippen LogP contribution in [0, 0.1) is 0 Å². The Morgan fingerprint density at radius 2 is 2.00 bits per heavy atom. The van der Waals surface area contributed by atoms with Crippen molar-refractivity contribution < 1.29 is 29.2 Å². The molecule has 160 valence electrons. The highest BCUT2D eigenvalue weighted by Gasteiger charge is 2.29. The number of nitrogens with zero attached hydrogens (tertiary/aromatic N) is 1. The summed E-state index contributed by atoms with van der Waals surface area (Å²) in [7, 11) is 1.55. The van der Waals surface area contributed by atoms with Crippen LogP contribution in [0.15, 0.2) is 42.6 Å². The summed E-state index contributed by atoms with van der Waals surface area (Å²) in [5.41, 5.74) is 2.69. The van der Waals surface area contributed by atoms with Crippen molar-refractivity contribution in [3.63, 3.8) is 0 Å². The summed E-state index contributed by atoms with van der Waals surface area (Å²) in [5.74, 6) is 1.85. The van der Waals surface area contributed by atoms with E-state index in [4.69, 9.17) is 19.3 Å². The highest BCUT2D eigenvalue weighted by Crippen LogP contribution is 2.40. The van der Waals surface area contributed by atoms with E-state index in [2.05, 4.69) is 0 Å². The fourth-order valence-electron chi connectivity index (χ4n) is 3.52. The Hall–Kier alpha value is -3.19. The van der Waals surface area contributed by atoms with Crippen molar-refractivity contribution in [1.29, 1.82) is 0 Å². The summed E-state index contributed by atoms with van der Waals surface area (Å²) in [6, 6.07) is 11.0. The zero-order valence-electron chi connectivity index (χ0n) is 17.2. The normalized spacial score (nSPS) is 14.9. The predicted molar refractivity (Wildman–Crippen MR) is 113 cm³/mol. The average Bonchev–Trinajstić information content (AvgIpc) is 2.74. The Balaban J connectivity index is 1.96. The molecule has 2 N–H and O–H groups in total. The van der Waals surface area contributed by atoms with Gasteiger partial charge in [-0.3, -0.25) is 4.90 Å². The van der Waals surface area contributed by atoms with Crippen LogP contribution in [-0.4, -0.2) is 48.1 Å². The van der Waals surface area contributed by atoms with E-state index in [0.29, 0.717) is 37.6 Å². The van der Waals surface area contributed by atoms with Crippen LogP contribution in [0.2, 0.25) is 0 Å². The van der Waals surface area contributed by atoms with Crippen molar-refractivity contribution in [3.05, 3.63) is 59.3 Å². The monoisotopic (exact) mass is 413 g/mol. The fourth-order valence-corrected chi connectivity index (χ4v) is 3.52. The average molecular weight is 413 g/mol. The van der Waals surface area contributed by atoms with Gasteiger partial charge in [0.2, 0.25) is 0 Å². The van der Waals surface area contributed by atoms with Crippen LogP contribution in [0.4, 0.5) is 4.79 Å². The lowest BCUT2D eigenvalue weighted by Gasteiger charge is -2.32.